The van der Waals surface area contributed by atoms with E-state index in [1.165, 1.54) is 12.1 Å². The minimum atomic E-state index is -2.70. The van der Waals surface area contributed by atoms with Gasteiger partial charge >= 0.3 is 0 Å². The molecular formula is C23H20ClF3N4O2. The van der Waals surface area contributed by atoms with E-state index in [4.69, 9.17) is 21.3 Å². The number of benzene rings is 1. The highest BCUT2D eigenvalue weighted by Crippen LogP contribution is 2.52. The van der Waals surface area contributed by atoms with Gasteiger partial charge in [-0.3, -0.25) is 9.36 Å². The van der Waals surface area contributed by atoms with E-state index in [9.17, 15) is 18.0 Å². The molecule has 10 heteroatoms. The molecular weight excluding hydrogens is 457 g/mol. The predicted molar refractivity (Wildman–Crippen MR) is 118 cm³/mol. The summed E-state index contributed by atoms with van der Waals surface area (Å²) in [5, 5.41) is 0.571. The molecule has 1 aliphatic carbocycles. The van der Waals surface area contributed by atoms with Crippen molar-refractivity contribution >= 4 is 28.3 Å². The third kappa shape index (κ3) is 3.49. The smallest absolute Gasteiger partial charge is 0.261 e. The van der Waals surface area contributed by atoms with E-state index in [0.717, 1.165) is 6.42 Å². The molecule has 1 saturated heterocycles. The van der Waals surface area contributed by atoms with E-state index in [-0.39, 0.29) is 41.4 Å². The van der Waals surface area contributed by atoms with E-state index >= 15 is 0 Å². The highest BCUT2D eigenvalue weighted by molar-refractivity contribution is 6.30. The van der Waals surface area contributed by atoms with Crippen molar-refractivity contribution in [2.75, 3.05) is 24.6 Å². The van der Waals surface area contributed by atoms with Crippen LogP contribution >= 0.6 is 11.6 Å². The number of hydrogen-bond donors (Lipinski definition) is 0. The molecule has 6 nitrogen and oxygen atoms in total. The molecule has 0 spiro atoms. The molecule has 2 atom stereocenters. The van der Waals surface area contributed by atoms with E-state index in [2.05, 4.69) is 4.98 Å². The fourth-order valence-corrected chi connectivity index (χ4v) is 5.02. The summed E-state index contributed by atoms with van der Waals surface area (Å²) in [5.41, 5.74) is 0.547. The zero-order valence-corrected chi connectivity index (χ0v) is 18.3. The molecule has 0 radical (unpaired) electrons. The van der Waals surface area contributed by atoms with Crippen molar-refractivity contribution in [2.24, 2.45) is 5.92 Å². The largest absolute Gasteiger partial charge is 0.374 e. The van der Waals surface area contributed by atoms with Crippen molar-refractivity contribution in [3.8, 4) is 11.3 Å². The molecule has 2 fully saturated rings. The summed E-state index contributed by atoms with van der Waals surface area (Å²) >= 11 is 5.94. The number of halogens is 4. The number of alkyl halides is 2. The third-order valence-corrected chi connectivity index (χ3v) is 6.95. The first-order valence-corrected chi connectivity index (χ1v) is 11.3. The molecule has 6 rings (SSSR count). The van der Waals surface area contributed by atoms with Gasteiger partial charge in [-0.1, -0.05) is 11.6 Å². The maximum Gasteiger partial charge on any atom is 0.261 e. The van der Waals surface area contributed by atoms with Crippen LogP contribution in [0.2, 0.25) is 5.02 Å². The lowest BCUT2D eigenvalue weighted by Crippen LogP contribution is -2.44. The highest BCUT2D eigenvalue weighted by Gasteiger charge is 2.61. The topological polar surface area (TPSA) is 60.3 Å². The van der Waals surface area contributed by atoms with E-state index in [1.54, 1.807) is 16.7 Å². The summed E-state index contributed by atoms with van der Waals surface area (Å²) in [6, 6.07) is 5.90. The number of aryl methyl sites for hydroxylation is 1. The number of morpholine rings is 1. The van der Waals surface area contributed by atoms with Crippen molar-refractivity contribution in [3.05, 3.63) is 51.3 Å². The Morgan fingerprint density at radius 2 is 2.00 bits per heavy atom. The number of nitrogens with zero attached hydrogens (tertiary/aromatic N) is 4. The second-order valence-electron chi connectivity index (χ2n) is 8.86. The summed E-state index contributed by atoms with van der Waals surface area (Å²) in [7, 11) is 0. The Morgan fingerprint density at radius 3 is 2.76 bits per heavy atom. The summed E-state index contributed by atoms with van der Waals surface area (Å²) in [6.45, 7) is 1.50. The van der Waals surface area contributed by atoms with Gasteiger partial charge in [0.1, 0.15) is 28.7 Å². The molecule has 3 aliphatic rings. The monoisotopic (exact) mass is 476 g/mol. The van der Waals surface area contributed by atoms with Gasteiger partial charge in [0.25, 0.3) is 11.5 Å². The molecule has 172 valence electrons. The van der Waals surface area contributed by atoms with Gasteiger partial charge in [0, 0.05) is 43.1 Å². The number of rotatable bonds is 3. The van der Waals surface area contributed by atoms with Crippen molar-refractivity contribution in [2.45, 2.75) is 37.8 Å². The van der Waals surface area contributed by atoms with E-state index < -0.39 is 23.8 Å². The van der Waals surface area contributed by atoms with Crippen LogP contribution in [-0.2, 0) is 17.7 Å². The van der Waals surface area contributed by atoms with Gasteiger partial charge in [0.05, 0.1) is 24.0 Å². The first kappa shape index (κ1) is 20.9. The first-order valence-electron chi connectivity index (χ1n) is 11.0. The molecule has 2 unspecified atom stereocenters. The second-order valence-corrected chi connectivity index (χ2v) is 9.30. The van der Waals surface area contributed by atoms with Crippen molar-refractivity contribution in [1.82, 2.24) is 14.5 Å². The zero-order chi connectivity index (χ0) is 22.9. The average Bonchev–Trinajstić information content (AvgIpc) is 3.18. The molecule has 2 aromatic heterocycles. The summed E-state index contributed by atoms with van der Waals surface area (Å²) in [4.78, 5) is 24.5. The SMILES string of the molecule is O=c1c2cc(N3CCOC(C4CC4(F)F)C3)nc(-c3ccc(Cl)cc3F)c2nc2n1CCC2. The van der Waals surface area contributed by atoms with Gasteiger partial charge in [-0.25, -0.2) is 23.1 Å². The molecule has 2 aliphatic heterocycles. The summed E-state index contributed by atoms with van der Waals surface area (Å²) in [6.07, 6.45) is 0.664. The maximum atomic E-state index is 14.9. The van der Waals surface area contributed by atoms with Crippen LogP contribution in [0.1, 0.15) is 18.7 Å². The highest BCUT2D eigenvalue weighted by atomic mass is 35.5. The molecule has 0 amide bonds. The van der Waals surface area contributed by atoms with Crippen LogP contribution in [0.25, 0.3) is 22.2 Å². The molecule has 33 heavy (non-hydrogen) atoms. The number of fused-ring (bicyclic) bond motifs is 2. The Labute approximate surface area is 192 Å². The Kier molecular flexibility index (Phi) is 4.71. The minimum absolute atomic E-state index is 0.180. The van der Waals surface area contributed by atoms with Gasteiger partial charge in [-0.2, -0.15) is 0 Å². The Balaban J connectivity index is 1.51. The summed E-state index contributed by atoms with van der Waals surface area (Å²) in [5.74, 6) is -3.02. The normalized spacial score (nSPS) is 23.7. The van der Waals surface area contributed by atoms with Gasteiger partial charge < -0.3 is 9.64 Å². The van der Waals surface area contributed by atoms with Crippen LogP contribution in [-0.4, -0.2) is 46.3 Å². The van der Waals surface area contributed by atoms with Crippen LogP contribution < -0.4 is 10.5 Å². The van der Waals surface area contributed by atoms with Crippen molar-refractivity contribution in [1.29, 1.82) is 0 Å². The van der Waals surface area contributed by atoms with Gasteiger partial charge in [-0.15, -0.1) is 0 Å². The molecule has 0 N–H and O–H groups in total. The zero-order valence-electron chi connectivity index (χ0n) is 17.5. The number of aromatic nitrogens is 3. The predicted octanol–water partition coefficient (Wildman–Crippen LogP) is 4.06. The lowest BCUT2D eigenvalue weighted by Gasteiger charge is -2.34. The van der Waals surface area contributed by atoms with Gasteiger partial charge in [-0.05, 0) is 30.7 Å². The van der Waals surface area contributed by atoms with Gasteiger partial charge in [0.2, 0.25) is 0 Å². The Hall–Kier alpha value is -2.65. The standard InChI is InChI=1S/C23H20ClF3N4O2/c24-12-3-4-13(16(25)8-12)20-21-14(22(32)31-5-1-2-18(31)28-21)9-19(29-20)30-6-7-33-17(11-30)15-10-23(15,26)27/h3-4,8-9,15,17H,1-2,5-7,10-11H2. The number of anilines is 1. The second kappa shape index (κ2) is 7.43. The Morgan fingerprint density at radius 1 is 1.18 bits per heavy atom. The molecule has 0 bridgehead atoms. The van der Waals surface area contributed by atoms with Gasteiger partial charge in [0.15, 0.2) is 0 Å². The fraction of sp³-hybridized carbons (Fsp3) is 0.435. The van der Waals surface area contributed by atoms with Crippen molar-refractivity contribution < 1.29 is 17.9 Å². The van der Waals surface area contributed by atoms with Crippen LogP contribution in [0.15, 0.2) is 29.1 Å². The molecule has 1 aromatic carbocycles. The molecule has 3 aromatic rings. The maximum absolute atomic E-state index is 14.9. The number of hydrogen-bond acceptors (Lipinski definition) is 5. The van der Waals surface area contributed by atoms with Crippen LogP contribution in [0.5, 0.6) is 0 Å². The van der Waals surface area contributed by atoms with E-state index in [0.29, 0.717) is 42.1 Å². The molecule has 1 saturated carbocycles. The van der Waals surface area contributed by atoms with Crippen LogP contribution in [0.3, 0.4) is 0 Å². The number of ether oxygens (including phenoxy) is 1. The quantitative estimate of drug-likeness (QED) is 0.570. The first-order chi connectivity index (χ1) is 15.8. The Bertz CT molecular complexity index is 1350. The van der Waals surface area contributed by atoms with Crippen molar-refractivity contribution in [3.63, 3.8) is 0 Å². The third-order valence-electron chi connectivity index (χ3n) is 6.72. The minimum Gasteiger partial charge on any atom is -0.374 e. The molecule has 4 heterocycles. The van der Waals surface area contributed by atoms with Crippen LogP contribution in [0.4, 0.5) is 19.0 Å². The summed E-state index contributed by atoms with van der Waals surface area (Å²) < 4.78 is 49.5. The lowest BCUT2D eigenvalue weighted by atomic mass is 10.1. The van der Waals surface area contributed by atoms with Crippen LogP contribution in [0, 0.1) is 11.7 Å². The number of pyridine rings is 1. The lowest BCUT2D eigenvalue weighted by molar-refractivity contribution is -0.0103. The average molecular weight is 477 g/mol. The fourth-order valence-electron chi connectivity index (χ4n) is 4.87. The van der Waals surface area contributed by atoms with E-state index in [1.807, 2.05) is 4.90 Å².